The van der Waals surface area contributed by atoms with Crippen molar-refractivity contribution in [1.82, 2.24) is 19.8 Å². The minimum absolute atomic E-state index is 0.0721. The van der Waals surface area contributed by atoms with Crippen LogP contribution in [0.15, 0.2) is 0 Å². The number of hydrogen-bond donors (Lipinski definition) is 1. The first-order valence-electron chi connectivity index (χ1n) is 7.03. The monoisotopic (exact) mass is 288 g/mol. The van der Waals surface area contributed by atoms with E-state index in [9.17, 15) is 13.2 Å². The zero-order valence-corrected chi connectivity index (χ0v) is 11.5. The summed E-state index contributed by atoms with van der Waals surface area (Å²) in [6.07, 6.45) is -2.23. The lowest BCUT2D eigenvalue weighted by Crippen LogP contribution is -2.34. The van der Waals surface area contributed by atoms with Crippen LogP contribution in [-0.4, -0.2) is 41.1 Å². The summed E-state index contributed by atoms with van der Waals surface area (Å²) in [5.74, 6) is -0.708. The highest BCUT2D eigenvalue weighted by molar-refractivity contribution is 5.23. The molecule has 2 aliphatic rings. The standard InChI is InChI=1S/C13H19F3N4/c1-19-6-3-9(4-7-19)20-11-2-5-17-8-10(11)18-12(20)13(14,15)16/h9,17H,2-8H2,1H3. The molecule has 3 rings (SSSR count). The van der Waals surface area contributed by atoms with Gasteiger partial charge in [0.25, 0.3) is 0 Å². The van der Waals surface area contributed by atoms with Crippen LogP contribution in [0.3, 0.4) is 0 Å². The van der Waals surface area contributed by atoms with Gasteiger partial charge in [0.2, 0.25) is 5.82 Å². The molecule has 0 saturated carbocycles. The maximum atomic E-state index is 13.3. The zero-order chi connectivity index (χ0) is 14.3. The zero-order valence-electron chi connectivity index (χ0n) is 11.5. The molecule has 20 heavy (non-hydrogen) atoms. The van der Waals surface area contributed by atoms with Gasteiger partial charge in [-0.2, -0.15) is 13.2 Å². The summed E-state index contributed by atoms with van der Waals surface area (Å²) in [4.78, 5) is 6.04. The molecule has 4 nitrogen and oxygen atoms in total. The van der Waals surface area contributed by atoms with Gasteiger partial charge in [-0.1, -0.05) is 0 Å². The molecule has 0 unspecified atom stereocenters. The molecule has 0 bridgehead atoms. The second-order valence-electron chi connectivity index (χ2n) is 5.66. The third-order valence-corrected chi connectivity index (χ3v) is 4.23. The molecule has 0 aliphatic carbocycles. The number of rotatable bonds is 1. The van der Waals surface area contributed by atoms with Crippen molar-refractivity contribution in [3.8, 4) is 0 Å². The van der Waals surface area contributed by atoms with Crippen molar-refractivity contribution in [1.29, 1.82) is 0 Å². The van der Waals surface area contributed by atoms with Crippen LogP contribution in [0.5, 0.6) is 0 Å². The number of hydrogen-bond acceptors (Lipinski definition) is 3. The second-order valence-corrected chi connectivity index (χ2v) is 5.66. The van der Waals surface area contributed by atoms with Crippen LogP contribution in [0.25, 0.3) is 0 Å². The van der Waals surface area contributed by atoms with E-state index in [4.69, 9.17) is 0 Å². The third kappa shape index (κ3) is 2.44. The van der Waals surface area contributed by atoms with Crippen molar-refractivity contribution in [3.05, 3.63) is 17.2 Å². The van der Waals surface area contributed by atoms with Crippen molar-refractivity contribution in [2.24, 2.45) is 0 Å². The predicted molar refractivity (Wildman–Crippen MR) is 68.4 cm³/mol. The van der Waals surface area contributed by atoms with E-state index in [2.05, 4.69) is 15.2 Å². The van der Waals surface area contributed by atoms with Crippen molar-refractivity contribution >= 4 is 0 Å². The van der Waals surface area contributed by atoms with Gasteiger partial charge in [0.15, 0.2) is 0 Å². The Balaban J connectivity index is 2.00. The van der Waals surface area contributed by atoms with Crippen molar-refractivity contribution in [2.45, 2.75) is 38.0 Å². The number of nitrogens with zero attached hydrogens (tertiary/aromatic N) is 3. The van der Waals surface area contributed by atoms with Crippen LogP contribution in [0.1, 0.15) is 36.1 Å². The minimum atomic E-state index is -4.37. The fourth-order valence-electron chi connectivity index (χ4n) is 3.18. The van der Waals surface area contributed by atoms with Crippen LogP contribution < -0.4 is 5.32 Å². The Labute approximate surface area is 116 Å². The highest BCUT2D eigenvalue weighted by Gasteiger charge is 2.41. The van der Waals surface area contributed by atoms with Gasteiger partial charge in [-0.15, -0.1) is 0 Å². The highest BCUT2D eigenvalue weighted by Crippen LogP contribution is 2.36. The summed E-state index contributed by atoms with van der Waals surface area (Å²) in [5.41, 5.74) is 1.35. The number of fused-ring (bicyclic) bond motifs is 1. The molecule has 0 aromatic carbocycles. The van der Waals surface area contributed by atoms with Gasteiger partial charge in [0.1, 0.15) is 0 Å². The first-order valence-corrected chi connectivity index (χ1v) is 7.03. The lowest BCUT2D eigenvalue weighted by atomic mass is 10.0. The number of imidazole rings is 1. The Bertz CT molecular complexity index is 487. The number of piperidine rings is 1. The molecular weight excluding hydrogens is 269 g/mol. The SMILES string of the molecule is CN1CCC(n2c(C(F)(F)F)nc3c2CCNC3)CC1. The lowest BCUT2D eigenvalue weighted by Gasteiger charge is -2.32. The average molecular weight is 288 g/mol. The Hall–Kier alpha value is -1.08. The molecule has 1 aromatic heterocycles. The van der Waals surface area contributed by atoms with E-state index in [0.29, 0.717) is 18.7 Å². The van der Waals surface area contributed by atoms with Gasteiger partial charge in [-0.05, 0) is 33.0 Å². The number of alkyl halides is 3. The first kappa shape index (κ1) is 13.9. The van der Waals surface area contributed by atoms with Crippen LogP contribution in [-0.2, 0) is 19.1 Å². The Morgan fingerprint density at radius 1 is 1.25 bits per heavy atom. The van der Waals surface area contributed by atoms with E-state index >= 15 is 0 Å². The summed E-state index contributed by atoms with van der Waals surface area (Å²) < 4.78 is 41.2. The van der Waals surface area contributed by atoms with Gasteiger partial charge >= 0.3 is 6.18 Å². The number of aromatic nitrogens is 2. The number of halogens is 3. The summed E-state index contributed by atoms with van der Waals surface area (Å²) in [6.45, 7) is 2.85. The Kier molecular flexibility index (Phi) is 3.50. The maximum Gasteiger partial charge on any atom is 0.449 e. The van der Waals surface area contributed by atoms with Gasteiger partial charge in [0.05, 0.1) is 5.69 Å². The molecule has 7 heteroatoms. The van der Waals surface area contributed by atoms with E-state index in [0.717, 1.165) is 38.2 Å². The molecule has 1 N–H and O–H groups in total. The van der Waals surface area contributed by atoms with Crippen LogP contribution >= 0.6 is 0 Å². The smallest absolute Gasteiger partial charge is 0.321 e. The van der Waals surface area contributed by atoms with E-state index in [1.807, 2.05) is 7.05 Å². The fraction of sp³-hybridized carbons (Fsp3) is 0.769. The van der Waals surface area contributed by atoms with E-state index in [-0.39, 0.29) is 6.04 Å². The normalized spacial score (nSPS) is 22.0. The largest absolute Gasteiger partial charge is 0.449 e. The second kappa shape index (κ2) is 5.04. The molecule has 1 fully saturated rings. The number of nitrogens with one attached hydrogen (secondary N) is 1. The van der Waals surface area contributed by atoms with Gasteiger partial charge < -0.3 is 14.8 Å². The van der Waals surface area contributed by atoms with Crippen LogP contribution in [0, 0.1) is 0 Å². The van der Waals surface area contributed by atoms with E-state index < -0.39 is 12.0 Å². The molecule has 0 atom stereocenters. The lowest BCUT2D eigenvalue weighted by molar-refractivity contribution is -0.148. The molecule has 1 saturated heterocycles. The minimum Gasteiger partial charge on any atom is -0.321 e. The summed E-state index contributed by atoms with van der Waals surface area (Å²) in [7, 11) is 2.01. The molecular formula is C13H19F3N4. The Morgan fingerprint density at radius 2 is 1.95 bits per heavy atom. The van der Waals surface area contributed by atoms with Gasteiger partial charge in [-0.25, -0.2) is 4.98 Å². The first-order chi connectivity index (χ1) is 9.47. The Morgan fingerprint density at radius 3 is 2.60 bits per heavy atom. The van der Waals surface area contributed by atoms with Crippen LogP contribution in [0.2, 0.25) is 0 Å². The maximum absolute atomic E-state index is 13.3. The third-order valence-electron chi connectivity index (χ3n) is 4.23. The topological polar surface area (TPSA) is 33.1 Å². The summed E-state index contributed by atoms with van der Waals surface area (Å²) >= 11 is 0. The van der Waals surface area contributed by atoms with E-state index in [1.54, 1.807) is 0 Å². The predicted octanol–water partition coefficient (Wildman–Crippen LogP) is 1.81. The molecule has 112 valence electrons. The quantitative estimate of drug-likeness (QED) is 0.855. The highest BCUT2D eigenvalue weighted by atomic mass is 19.4. The summed E-state index contributed by atoms with van der Waals surface area (Å²) in [5, 5.41) is 3.09. The van der Waals surface area contributed by atoms with E-state index in [1.165, 1.54) is 4.57 Å². The molecule has 3 heterocycles. The molecule has 0 radical (unpaired) electrons. The number of likely N-dealkylation sites (tertiary alicyclic amines) is 1. The average Bonchev–Trinajstić information content (AvgIpc) is 2.79. The fourth-order valence-corrected chi connectivity index (χ4v) is 3.18. The van der Waals surface area contributed by atoms with Crippen molar-refractivity contribution < 1.29 is 13.2 Å². The molecule has 1 aromatic rings. The molecule has 2 aliphatic heterocycles. The van der Waals surface area contributed by atoms with Crippen molar-refractivity contribution in [3.63, 3.8) is 0 Å². The van der Waals surface area contributed by atoms with Crippen LogP contribution in [0.4, 0.5) is 13.2 Å². The molecule has 0 spiro atoms. The van der Waals surface area contributed by atoms with Crippen molar-refractivity contribution in [2.75, 3.05) is 26.7 Å². The van der Waals surface area contributed by atoms with Gasteiger partial charge in [0, 0.05) is 31.2 Å². The summed E-state index contributed by atoms with van der Waals surface area (Å²) in [6, 6.07) is -0.0721. The van der Waals surface area contributed by atoms with Gasteiger partial charge in [-0.3, -0.25) is 0 Å². The molecule has 0 amide bonds.